The fraction of sp³-hybridized carbons (Fsp3) is 0.318. The number of nitrogens with one attached hydrogen (secondary N) is 1. The molecule has 0 aliphatic carbocycles. The van der Waals surface area contributed by atoms with Crippen LogP contribution in [0.3, 0.4) is 0 Å². The zero-order valence-corrected chi connectivity index (χ0v) is 15.9. The summed E-state index contributed by atoms with van der Waals surface area (Å²) >= 11 is 0. The molecule has 0 saturated carbocycles. The second kappa shape index (κ2) is 7.46. The van der Waals surface area contributed by atoms with Crippen LogP contribution in [0.1, 0.15) is 36.8 Å². The van der Waals surface area contributed by atoms with Crippen LogP contribution in [0.25, 0.3) is 0 Å². The molecule has 1 aromatic carbocycles. The molecular weight excluding hydrogens is 358 g/mol. The SMILES string of the molecule is CC1(C)Cc2cccc(OCC(=O)NCC(c3ccco3)c3ccco3)c2O1. The molecule has 0 bridgehead atoms. The summed E-state index contributed by atoms with van der Waals surface area (Å²) in [5, 5.41) is 2.89. The molecule has 4 rings (SSSR count). The van der Waals surface area contributed by atoms with Crippen molar-refractivity contribution in [3.05, 3.63) is 72.1 Å². The average molecular weight is 381 g/mol. The van der Waals surface area contributed by atoms with Crippen molar-refractivity contribution in [3.8, 4) is 11.5 Å². The Hall–Kier alpha value is -3.15. The summed E-state index contributed by atoms with van der Waals surface area (Å²) in [4.78, 5) is 12.3. The third-order valence-corrected chi connectivity index (χ3v) is 4.69. The second-order valence-corrected chi connectivity index (χ2v) is 7.46. The maximum Gasteiger partial charge on any atom is 0.257 e. The molecule has 1 aliphatic heterocycles. The summed E-state index contributed by atoms with van der Waals surface area (Å²) in [7, 11) is 0. The molecule has 146 valence electrons. The molecule has 2 aromatic heterocycles. The summed E-state index contributed by atoms with van der Waals surface area (Å²) in [5.41, 5.74) is 0.835. The summed E-state index contributed by atoms with van der Waals surface area (Å²) in [5.74, 6) is 2.36. The van der Waals surface area contributed by atoms with Crippen LogP contribution in [-0.2, 0) is 11.2 Å². The zero-order chi connectivity index (χ0) is 19.6. The van der Waals surface area contributed by atoms with Gasteiger partial charge in [0.1, 0.15) is 17.1 Å². The smallest absolute Gasteiger partial charge is 0.257 e. The minimum absolute atomic E-state index is 0.0940. The highest BCUT2D eigenvalue weighted by molar-refractivity contribution is 5.77. The van der Waals surface area contributed by atoms with Gasteiger partial charge in [-0.3, -0.25) is 4.79 Å². The maximum atomic E-state index is 12.3. The minimum Gasteiger partial charge on any atom is -0.483 e. The van der Waals surface area contributed by atoms with E-state index in [1.165, 1.54) is 0 Å². The van der Waals surface area contributed by atoms with Crippen LogP contribution in [0.5, 0.6) is 11.5 Å². The summed E-state index contributed by atoms with van der Waals surface area (Å²) in [6.07, 6.45) is 4.03. The highest BCUT2D eigenvalue weighted by Gasteiger charge is 2.32. The molecule has 6 nitrogen and oxygen atoms in total. The third kappa shape index (κ3) is 3.91. The number of furan rings is 2. The molecule has 3 heterocycles. The number of rotatable bonds is 7. The molecule has 1 amide bonds. The summed E-state index contributed by atoms with van der Waals surface area (Å²) in [6.45, 7) is 4.32. The number of ether oxygens (including phenoxy) is 2. The van der Waals surface area contributed by atoms with Crippen LogP contribution in [-0.4, -0.2) is 24.7 Å². The highest BCUT2D eigenvalue weighted by atomic mass is 16.5. The molecular formula is C22H23NO5. The number of hydrogen-bond acceptors (Lipinski definition) is 5. The van der Waals surface area contributed by atoms with Gasteiger partial charge in [0.2, 0.25) is 0 Å². The van der Waals surface area contributed by atoms with Gasteiger partial charge in [-0.1, -0.05) is 12.1 Å². The van der Waals surface area contributed by atoms with Crippen LogP contribution < -0.4 is 14.8 Å². The van der Waals surface area contributed by atoms with Crippen LogP contribution >= 0.6 is 0 Å². The molecule has 1 aliphatic rings. The molecule has 28 heavy (non-hydrogen) atoms. The number of amides is 1. The number of carbonyl (C=O) groups excluding carboxylic acids is 1. The monoisotopic (exact) mass is 381 g/mol. The van der Waals surface area contributed by atoms with Crippen LogP contribution in [0.4, 0.5) is 0 Å². The molecule has 6 heteroatoms. The van der Waals surface area contributed by atoms with Gasteiger partial charge in [-0.25, -0.2) is 0 Å². The largest absolute Gasteiger partial charge is 0.483 e. The van der Waals surface area contributed by atoms with Crippen LogP contribution in [0, 0.1) is 0 Å². The van der Waals surface area contributed by atoms with Crippen molar-refractivity contribution in [2.24, 2.45) is 0 Å². The van der Waals surface area contributed by atoms with E-state index in [-0.39, 0.29) is 24.0 Å². The lowest BCUT2D eigenvalue weighted by atomic mass is 10.0. The van der Waals surface area contributed by atoms with Crippen LogP contribution in [0.15, 0.2) is 63.8 Å². The average Bonchev–Trinajstić information content (AvgIpc) is 3.40. The van der Waals surface area contributed by atoms with Gasteiger partial charge < -0.3 is 23.6 Å². The van der Waals surface area contributed by atoms with E-state index in [0.717, 1.165) is 29.3 Å². The third-order valence-electron chi connectivity index (χ3n) is 4.69. The Morgan fingerprint density at radius 2 is 1.82 bits per heavy atom. The van der Waals surface area contributed by atoms with Crippen LogP contribution in [0.2, 0.25) is 0 Å². The van der Waals surface area contributed by atoms with E-state index >= 15 is 0 Å². The second-order valence-electron chi connectivity index (χ2n) is 7.46. The number of para-hydroxylation sites is 1. The molecule has 0 radical (unpaired) electrons. The standard InChI is InChI=1S/C22H23NO5/c1-22(2)12-15-6-3-7-19(21(15)28-22)27-14-20(24)23-13-16(17-8-4-10-25-17)18-9-5-11-26-18/h3-11,16H,12-14H2,1-2H3,(H,23,24). The van der Waals surface area contributed by atoms with Crippen molar-refractivity contribution >= 4 is 5.91 Å². The lowest BCUT2D eigenvalue weighted by Gasteiger charge is -2.18. The van der Waals surface area contributed by atoms with Gasteiger partial charge in [-0.05, 0) is 44.2 Å². The van der Waals surface area contributed by atoms with Crippen molar-refractivity contribution in [2.45, 2.75) is 31.8 Å². The molecule has 0 fully saturated rings. The Balaban J connectivity index is 1.36. The Bertz CT molecular complexity index is 894. The lowest BCUT2D eigenvalue weighted by Crippen LogP contribution is -2.32. The predicted octanol–water partition coefficient (Wildman–Crippen LogP) is 3.91. The summed E-state index contributed by atoms with van der Waals surface area (Å²) in [6, 6.07) is 13.1. The van der Waals surface area contributed by atoms with E-state index in [1.54, 1.807) is 12.5 Å². The van der Waals surface area contributed by atoms with Crippen molar-refractivity contribution < 1.29 is 23.1 Å². The fourth-order valence-corrected chi connectivity index (χ4v) is 3.43. The van der Waals surface area contributed by atoms with Gasteiger partial charge in [-0.15, -0.1) is 0 Å². The lowest BCUT2D eigenvalue weighted by molar-refractivity contribution is -0.123. The van der Waals surface area contributed by atoms with Gasteiger partial charge in [0, 0.05) is 18.5 Å². The van der Waals surface area contributed by atoms with Gasteiger partial charge in [0.05, 0.1) is 18.4 Å². The highest BCUT2D eigenvalue weighted by Crippen LogP contribution is 2.41. The van der Waals surface area contributed by atoms with E-state index in [0.29, 0.717) is 12.3 Å². The van der Waals surface area contributed by atoms with Crippen molar-refractivity contribution in [1.82, 2.24) is 5.32 Å². The molecule has 0 atom stereocenters. The first-order valence-corrected chi connectivity index (χ1v) is 9.29. The minimum atomic E-state index is -0.261. The first-order chi connectivity index (χ1) is 13.5. The van der Waals surface area contributed by atoms with Gasteiger partial charge >= 0.3 is 0 Å². The molecule has 0 unspecified atom stereocenters. The number of carbonyl (C=O) groups is 1. The Morgan fingerprint density at radius 1 is 1.11 bits per heavy atom. The molecule has 0 saturated heterocycles. The normalized spacial score (nSPS) is 14.5. The predicted molar refractivity (Wildman–Crippen MR) is 103 cm³/mol. The number of benzene rings is 1. The van der Waals surface area contributed by atoms with Gasteiger partial charge in [0.25, 0.3) is 5.91 Å². The first-order valence-electron chi connectivity index (χ1n) is 9.29. The number of hydrogen-bond donors (Lipinski definition) is 1. The van der Waals surface area contributed by atoms with E-state index in [4.69, 9.17) is 18.3 Å². The van der Waals surface area contributed by atoms with E-state index in [9.17, 15) is 4.79 Å². The fourth-order valence-electron chi connectivity index (χ4n) is 3.43. The number of fused-ring (bicyclic) bond motifs is 1. The quantitative estimate of drug-likeness (QED) is 0.672. The zero-order valence-electron chi connectivity index (χ0n) is 15.9. The van der Waals surface area contributed by atoms with Crippen molar-refractivity contribution in [1.29, 1.82) is 0 Å². The molecule has 1 N–H and O–H groups in total. The Kier molecular flexibility index (Phi) is 4.86. The summed E-state index contributed by atoms with van der Waals surface area (Å²) < 4.78 is 22.7. The molecule has 3 aromatic rings. The first kappa shape index (κ1) is 18.2. The van der Waals surface area contributed by atoms with E-state index < -0.39 is 0 Å². The molecule has 0 spiro atoms. The Morgan fingerprint density at radius 3 is 2.46 bits per heavy atom. The van der Waals surface area contributed by atoms with Gasteiger partial charge in [-0.2, -0.15) is 0 Å². The van der Waals surface area contributed by atoms with Crippen molar-refractivity contribution in [2.75, 3.05) is 13.2 Å². The van der Waals surface area contributed by atoms with E-state index in [1.807, 2.05) is 56.3 Å². The van der Waals surface area contributed by atoms with Gasteiger partial charge in [0.15, 0.2) is 18.1 Å². The maximum absolute atomic E-state index is 12.3. The van der Waals surface area contributed by atoms with E-state index in [2.05, 4.69) is 5.32 Å². The Labute approximate surface area is 163 Å². The topological polar surface area (TPSA) is 73.8 Å². The van der Waals surface area contributed by atoms with Crippen molar-refractivity contribution in [3.63, 3.8) is 0 Å².